The van der Waals surface area contributed by atoms with Gasteiger partial charge in [0.2, 0.25) is 0 Å². The van der Waals surface area contributed by atoms with Crippen LogP contribution in [0.3, 0.4) is 0 Å². The molecular weight excluding hydrogens is 366 g/mol. The Morgan fingerprint density at radius 2 is 1.59 bits per heavy atom. The van der Waals surface area contributed by atoms with Crippen molar-refractivity contribution in [2.24, 2.45) is 12.8 Å². The highest BCUT2D eigenvalue weighted by atomic mass is 35.9. The van der Waals surface area contributed by atoms with Crippen LogP contribution < -0.4 is 0 Å². The summed E-state index contributed by atoms with van der Waals surface area (Å²) >= 11 is 23.4. The van der Waals surface area contributed by atoms with Crippen molar-refractivity contribution in [2.45, 2.75) is 4.90 Å². The normalized spacial score (nSPS) is 29.6. The van der Waals surface area contributed by atoms with Crippen molar-refractivity contribution in [2.75, 3.05) is 0 Å². The van der Waals surface area contributed by atoms with E-state index >= 15 is 0 Å². The molecule has 17 heavy (non-hydrogen) atoms. The van der Waals surface area contributed by atoms with E-state index in [1.54, 1.807) is 30.3 Å². The molecule has 1 aromatic rings. The lowest BCUT2D eigenvalue weighted by Crippen LogP contribution is -1.96. The molecule has 0 bridgehead atoms. The lowest BCUT2D eigenvalue weighted by molar-refractivity contribution is 0.679. The van der Waals surface area contributed by atoms with Crippen molar-refractivity contribution in [1.82, 2.24) is 0 Å². The average Bonchev–Trinajstić information content (AvgIpc) is 2.13. The number of hydrogen-bond donors (Lipinski definition) is 0. The fourth-order valence-corrected chi connectivity index (χ4v) is 14.6. The van der Waals surface area contributed by atoms with Gasteiger partial charge in [0.1, 0.15) is 0 Å². The number of benzene rings is 1. The quantitative estimate of drug-likeness (QED) is 0.536. The molecule has 0 spiro atoms. The molecule has 4 nitrogen and oxygen atoms in total. The maximum absolute atomic E-state index is 12.6. The average molecular weight is 371 g/mol. The standard InChI is InChI=1S/C6H5Cl4N3OP2S/c7-15(8)11-16(9,10)13-17(14,12-15)6-4-2-1-3-5-6/h1-5H. The molecule has 1 atom stereocenters. The van der Waals surface area contributed by atoms with Crippen LogP contribution in [0.15, 0.2) is 48.0 Å². The highest BCUT2D eigenvalue weighted by Crippen LogP contribution is 2.78. The second-order valence-electron chi connectivity index (χ2n) is 2.97. The lowest BCUT2D eigenvalue weighted by atomic mass is 10.4. The third-order valence-corrected chi connectivity index (χ3v) is 12.3. The molecule has 0 saturated heterocycles. The molecule has 0 aliphatic carbocycles. The van der Waals surface area contributed by atoms with Crippen molar-refractivity contribution < 1.29 is 4.21 Å². The Labute approximate surface area is 118 Å². The van der Waals surface area contributed by atoms with Crippen molar-refractivity contribution in [3.8, 4) is 0 Å². The van der Waals surface area contributed by atoms with E-state index in [4.69, 9.17) is 45.0 Å². The molecule has 2 rings (SSSR count). The van der Waals surface area contributed by atoms with Gasteiger partial charge in [-0.3, -0.25) is 0 Å². The Morgan fingerprint density at radius 3 is 2.12 bits per heavy atom. The van der Waals surface area contributed by atoms with Crippen molar-refractivity contribution >= 4 is 66.7 Å². The van der Waals surface area contributed by atoms with E-state index in [2.05, 4.69) is 12.8 Å². The second kappa shape index (κ2) is 4.72. The van der Waals surface area contributed by atoms with Crippen LogP contribution >= 0.6 is 56.8 Å². The predicted molar refractivity (Wildman–Crippen MR) is 77.4 cm³/mol. The van der Waals surface area contributed by atoms with E-state index in [1.165, 1.54) is 0 Å². The Morgan fingerprint density at radius 1 is 1.00 bits per heavy atom. The van der Waals surface area contributed by atoms with Gasteiger partial charge in [-0.15, -0.1) is 8.28 Å². The van der Waals surface area contributed by atoms with Crippen LogP contribution in [0.1, 0.15) is 0 Å². The summed E-state index contributed by atoms with van der Waals surface area (Å²) in [6.07, 6.45) is 0. The second-order valence-corrected chi connectivity index (χ2v) is 15.0. The summed E-state index contributed by atoms with van der Waals surface area (Å²) in [6, 6.07) is 8.37. The first-order chi connectivity index (χ1) is 7.73. The highest BCUT2D eigenvalue weighted by molar-refractivity contribution is 8.23. The Hall–Kier alpha value is 0.790. The first kappa shape index (κ1) is 14.2. The zero-order valence-electron chi connectivity index (χ0n) is 7.95. The van der Waals surface area contributed by atoms with Gasteiger partial charge in [0.25, 0.3) is 11.8 Å². The minimum absolute atomic E-state index is 0.367. The van der Waals surface area contributed by atoms with Crippen LogP contribution in [-0.2, 0) is 9.92 Å². The summed E-state index contributed by atoms with van der Waals surface area (Å²) in [6.45, 7) is 0. The van der Waals surface area contributed by atoms with Crippen LogP contribution in [0.5, 0.6) is 0 Å². The number of rotatable bonds is 1. The zero-order chi connectivity index (χ0) is 12.7. The fraction of sp³-hybridized carbons (Fsp3) is 0. The van der Waals surface area contributed by atoms with Crippen LogP contribution in [-0.4, -0.2) is 4.21 Å². The summed E-state index contributed by atoms with van der Waals surface area (Å²) in [5, 5.41) is 0. The molecule has 0 saturated carbocycles. The molecule has 0 radical (unpaired) electrons. The maximum atomic E-state index is 12.6. The molecular formula is C6H5Cl4N3OP2S. The third-order valence-electron chi connectivity index (χ3n) is 1.68. The smallest absolute Gasteiger partial charge is 0.220 e. The molecule has 0 aromatic heterocycles. The van der Waals surface area contributed by atoms with Crippen LogP contribution in [0, 0.1) is 0 Å². The maximum Gasteiger partial charge on any atom is 0.265 e. The monoisotopic (exact) mass is 369 g/mol. The molecule has 0 N–H and O–H groups in total. The van der Waals surface area contributed by atoms with E-state index in [-0.39, 0.29) is 0 Å². The molecule has 1 heterocycles. The van der Waals surface area contributed by atoms with Gasteiger partial charge >= 0.3 is 0 Å². The largest absolute Gasteiger partial charge is 0.265 e. The third kappa shape index (κ3) is 3.42. The van der Waals surface area contributed by atoms with Gasteiger partial charge in [0.05, 0.1) is 4.90 Å². The van der Waals surface area contributed by atoms with Gasteiger partial charge in [-0.25, -0.2) is 4.21 Å². The first-order valence-electron chi connectivity index (χ1n) is 4.12. The number of hydrogen-bond acceptors (Lipinski definition) is 3. The van der Waals surface area contributed by atoms with Crippen LogP contribution in [0.25, 0.3) is 0 Å². The van der Waals surface area contributed by atoms with Crippen LogP contribution in [0.2, 0.25) is 0 Å². The molecule has 1 unspecified atom stereocenters. The Bertz CT molecular complexity index is 662. The van der Waals surface area contributed by atoms with Gasteiger partial charge in [-0.2, -0.15) is 4.52 Å². The topological polar surface area (TPSA) is 54.1 Å². The van der Waals surface area contributed by atoms with Gasteiger partial charge in [0, 0.05) is 0 Å². The van der Waals surface area contributed by atoms with Crippen LogP contribution in [0.4, 0.5) is 0 Å². The van der Waals surface area contributed by atoms with Gasteiger partial charge in [-0.1, -0.05) is 18.2 Å². The highest BCUT2D eigenvalue weighted by Gasteiger charge is 2.30. The van der Waals surface area contributed by atoms with Gasteiger partial charge in [-0.05, 0) is 57.1 Å². The van der Waals surface area contributed by atoms with Gasteiger partial charge in [0.15, 0.2) is 9.92 Å². The summed E-state index contributed by atoms with van der Waals surface area (Å²) in [5.41, 5.74) is 0. The number of nitrogens with zero attached hydrogens (tertiary/aromatic N) is 3. The minimum atomic E-state index is -3.16. The predicted octanol–water partition coefficient (Wildman–Crippen LogP) is 6.29. The summed E-state index contributed by atoms with van der Waals surface area (Å²) < 4.78 is 23.9. The molecule has 0 fully saturated rings. The fourth-order valence-electron chi connectivity index (χ4n) is 1.14. The summed E-state index contributed by atoms with van der Waals surface area (Å²) in [4.78, 5) is 0.367. The summed E-state index contributed by atoms with van der Waals surface area (Å²) in [5.74, 6) is -6.27. The first-order valence-corrected chi connectivity index (χ1v) is 12.6. The lowest BCUT2D eigenvalue weighted by Gasteiger charge is -2.16. The van der Waals surface area contributed by atoms with E-state index in [0.29, 0.717) is 4.90 Å². The van der Waals surface area contributed by atoms with Crippen molar-refractivity contribution in [1.29, 1.82) is 0 Å². The molecule has 94 valence electrons. The van der Waals surface area contributed by atoms with E-state index in [1.807, 2.05) is 0 Å². The summed E-state index contributed by atoms with van der Waals surface area (Å²) in [7, 11) is -3.16. The molecule has 0 amide bonds. The zero-order valence-corrected chi connectivity index (χ0v) is 13.6. The SMILES string of the molecule is O=S1(c2ccccc2)=NP(Cl)(Cl)=NP(Cl)(Cl)=N1. The Balaban J connectivity index is 2.79. The molecule has 1 aliphatic heterocycles. The van der Waals surface area contributed by atoms with E-state index in [0.717, 1.165) is 0 Å². The van der Waals surface area contributed by atoms with Crippen molar-refractivity contribution in [3.05, 3.63) is 30.3 Å². The van der Waals surface area contributed by atoms with Crippen molar-refractivity contribution in [3.63, 3.8) is 0 Å². The van der Waals surface area contributed by atoms with E-state index < -0.39 is 21.7 Å². The van der Waals surface area contributed by atoms with E-state index in [9.17, 15) is 4.21 Å². The molecule has 1 aliphatic rings. The minimum Gasteiger partial charge on any atom is -0.220 e. The molecule has 11 heteroatoms. The van der Waals surface area contributed by atoms with Gasteiger partial charge < -0.3 is 0 Å². The molecule has 1 aromatic carbocycles. The Kier molecular flexibility index (Phi) is 3.94. The number of halogens is 4.